The Morgan fingerprint density at radius 2 is 1.87 bits per heavy atom. The fraction of sp³-hybridized carbons (Fsp3) is 1.00. The maximum absolute atomic E-state index is 3.76. The summed E-state index contributed by atoms with van der Waals surface area (Å²) in [6.45, 7) is 8.29. The van der Waals surface area contributed by atoms with Crippen LogP contribution in [0.3, 0.4) is 0 Å². The van der Waals surface area contributed by atoms with Crippen LogP contribution in [0.4, 0.5) is 0 Å². The summed E-state index contributed by atoms with van der Waals surface area (Å²) in [6.07, 6.45) is 11.2. The maximum Gasteiger partial charge on any atom is 0.0204 e. The molecule has 0 aromatic heterocycles. The molecule has 1 fully saturated rings. The molecule has 1 nitrogen and oxygen atoms in total. The maximum atomic E-state index is 3.76. The number of nitrogens with one attached hydrogen (secondary N) is 1. The van der Waals surface area contributed by atoms with E-state index in [1.807, 2.05) is 0 Å². The van der Waals surface area contributed by atoms with Gasteiger partial charge in [-0.25, -0.2) is 0 Å². The van der Waals surface area contributed by atoms with E-state index in [0.29, 0.717) is 5.54 Å². The Morgan fingerprint density at radius 3 is 2.40 bits per heavy atom. The second kappa shape index (κ2) is 6.52. The van der Waals surface area contributed by atoms with Gasteiger partial charge in [-0.2, -0.15) is 0 Å². The molecule has 1 N–H and O–H groups in total. The molecule has 1 heteroatoms. The van der Waals surface area contributed by atoms with Crippen LogP contribution < -0.4 is 5.32 Å². The molecule has 1 rings (SSSR count). The molecule has 1 aliphatic rings. The number of rotatable bonds is 7. The van der Waals surface area contributed by atoms with Gasteiger partial charge in [0.1, 0.15) is 0 Å². The van der Waals surface area contributed by atoms with E-state index in [9.17, 15) is 0 Å². The van der Waals surface area contributed by atoms with Gasteiger partial charge in [0.2, 0.25) is 0 Å². The van der Waals surface area contributed by atoms with Crippen molar-refractivity contribution in [2.45, 2.75) is 77.7 Å². The lowest BCUT2D eigenvalue weighted by Crippen LogP contribution is -2.44. The van der Waals surface area contributed by atoms with Crippen LogP contribution in [0.5, 0.6) is 0 Å². The van der Waals surface area contributed by atoms with Crippen molar-refractivity contribution in [2.24, 2.45) is 5.92 Å². The average molecular weight is 211 g/mol. The third-order valence-electron chi connectivity index (χ3n) is 4.11. The predicted octanol–water partition coefficient (Wildman–Crippen LogP) is 4.13. The molecule has 1 atom stereocenters. The highest BCUT2D eigenvalue weighted by Gasteiger charge is 2.35. The molecule has 0 amide bonds. The highest BCUT2D eigenvalue weighted by Crippen LogP contribution is 2.32. The van der Waals surface area contributed by atoms with Crippen LogP contribution >= 0.6 is 0 Å². The molecule has 15 heavy (non-hydrogen) atoms. The van der Waals surface area contributed by atoms with Gasteiger partial charge < -0.3 is 5.32 Å². The molecule has 0 aromatic carbocycles. The van der Waals surface area contributed by atoms with E-state index in [1.165, 1.54) is 57.9 Å². The molecule has 1 aliphatic heterocycles. The van der Waals surface area contributed by atoms with Gasteiger partial charge in [-0.15, -0.1) is 0 Å². The largest absolute Gasteiger partial charge is 0.311 e. The van der Waals surface area contributed by atoms with E-state index < -0.39 is 0 Å². The second-order valence-corrected chi connectivity index (χ2v) is 5.51. The van der Waals surface area contributed by atoms with Crippen molar-refractivity contribution in [3.63, 3.8) is 0 Å². The Bertz CT molecular complexity index is 157. The molecular weight excluding hydrogens is 182 g/mol. The summed E-state index contributed by atoms with van der Waals surface area (Å²) in [5.41, 5.74) is 0.492. The van der Waals surface area contributed by atoms with Gasteiger partial charge in [-0.3, -0.25) is 0 Å². The van der Waals surface area contributed by atoms with E-state index in [1.54, 1.807) is 0 Å². The lowest BCUT2D eigenvalue weighted by molar-refractivity contribution is 0.244. The Morgan fingerprint density at radius 1 is 1.13 bits per heavy atom. The van der Waals surface area contributed by atoms with Crippen molar-refractivity contribution >= 4 is 0 Å². The summed E-state index contributed by atoms with van der Waals surface area (Å²) < 4.78 is 0. The first-order valence-electron chi connectivity index (χ1n) is 6.96. The summed E-state index contributed by atoms with van der Waals surface area (Å²) in [4.78, 5) is 0. The van der Waals surface area contributed by atoms with Gasteiger partial charge in [0.15, 0.2) is 0 Å². The first-order chi connectivity index (χ1) is 7.21. The standard InChI is InChI=1S/C14H29N/c1-4-5-6-7-8-10-14(13(2)3)11-9-12-15-14/h13,15H,4-12H2,1-3H3. The molecule has 1 unspecified atom stereocenters. The minimum Gasteiger partial charge on any atom is -0.311 e. The summed E-state index contributed by atoms with van der Waals surface area (Å²) in [5, 5.41) is 3.76. The molecule has 0 bridgehead atoms. The SMILES string of the molecule is CCCCCCCC1(C(C)C)CCCN1. The third kappa shape index (κ3) is 3.79. The molecule has 0 radical (unpaired) electrons. The van der Waals surface area contributed by atoms with Crippen molar-refractivity contribution in [3.8, 4) is 0 Å². The van der Waals surface area contributed by atoms with Gasteiger partial charge in [-0.05, 0) is 31.7 Å². The van der Waals surface area contributed by atoms with Crippen LogP contribution in [0.25, 0.3) is 0 Å². The Hall–Kier alpha value is -0.0400. The fourth-order valence-electron chi connectivity index (χ4n) is 2.87. The summed E-state index contributed by atoms with van der Waals surface area (Å²) >= 11 is 0. The van der Waals surface area contributed by atoms with Crippen LogP contribution in [-0.2, 0) is 0 Å². The third-order valence-corrected chi connectivity index (χ3v) is 4.11. The molecule has 0 aromatic rings. The minimum absolute atomic E-state index is 0.492. The Balaban J connectivity index is 2.21. The van der Waals surface area contributed by atoms with Gasteiger partial charge in [-0.1, -0.05) is 52.9 Å². The number of hydrogen-bond acceptors (Lipinski definition) is 1. The van der Waals surface area contributed by atoms with Crippen molar-refractivity contribution in [2.75, 3.05) is 6.54 Å². The van der Waals surface area contributed by atoms with Gasteiger partial charge in [0.05, 0.1) is 0 Å². The van der Waals surface area contributed by atoms with Crippen molar-refractivity contribution < 1.29 is 0 Å². The topological polar surface area (TPSA) is 12.0 Å². The van der Waals surface area contributed by atoms with Gasteiger partial charge in [0, 0.05) is 5.54 Å². The van der Waals surface area contributed by atoms with E-state index in [-0.39, 0.29) is 0 Å². The normalized spacial score (nSPS) is 26.4. The van der Waals surface area contributed by atoms with Crippen LogP contribution in [0.15, 0.2) is 0 Å². The molecular formula is C14H29N. The Kier molecular flexibility index (Phi) is 5.66. The van der Waals surface area contributed by atoms with E-state index in [2.05, 4.69) is 26.1 Å². The van der Waals surface area contributed by atoms with Crippen LogP contribution in [0, 0.1) is 5.92 Å². The van der Waals surface area contributed by atoms with Crippen molar-refractivity contribution in [3.05, 3.63) is 0 Å². The number of hydrogen-bond donors (Lipinski definition) is 1. The fourth-order valence-corrected chi connectivity index (χ4v) is 2.87. The van der Waals surface area contributed by atoms with Crippen LogP contribution in [0.2, 0.25) is 0 Å². The molecule has 0 aliphatic carbocycles. The molecule has 1 heterocycles. The minimum atomic E-state index is 0.492. The summed E-state index contributed by atoms with van der Waals surface area (Å²) in [6, 6.07) is 0. The second-order valence-electron chi connectivity index (χ2n) is 5.51. The highest BCUT2D eigenvalue weighted by molar-refractivity contribution is 4.95. The van der Waals surface area contributed by atoms with E-state index >= 15 is 0 Å². The van der Waals surface area contributed by atoms with E-state index in [0.717, 1.165) is 5.92 Å². The lowest BCUT2D eigenvalue weighted by Gasteiger charge is -2.34. The monoisotopic (exact) mass is 211 g/mol. The van der Waals surface area contributed by atoms with E-state index in [4.69, 9.17) is 0 Å². The summed E-state index contributed by atoms with van der Waals surface area (Å²) in [5.74, 6) is 0.797. The smallest absolute Gasteiger partial charge is 0.0204 e. The predicted molar refractivity (Wildman–Crippen MR) is 68.2 cm³/mol. The van der Waals surface area contributed by atoms with Crippen molar-refractivity contribution in [1.82, 2.24) is 5.32 Å². The van der Waals surface area contributed by atoms with Crippen LogP contribution in [0.1, 0.15) is 72.1 Å². The number of unbranched alkanes of at least 4 members (excludes halogenated alkanes) is 4. The first-order valence-corrected chi connectivity index (χ1v) is 6.96. The Labute approximate surface area is 96.0 Å². The molecule has 90 valence electrons. The lowest BCUT2D eigenvalue weighted by atomic mass is 9.80. The van der Waals surface area contributed by atoms with Crippen molar-refractivity contribution in [1.29, 1.82) is 0 Å². The quantitative estimate of drug-likeness (QED) is 0.624. The molecule has 1 saturated heterocycles. The van der Waals surface area contributed by atoms with Gasteiger partial charge >= 0.3 is 0 Å². The summed E-state index contributed by atoms with van der Waals surface area (Å²) in [7, 11) is 0. The average Bonchev–Trinajstić information content (AvgIpc) is 2.67. The zero-order valence-electron chi connectivity index (χ0n) is 10.9. The molecule has 0 saturated carbocycles. The zero-order chi connectivity index (χ0) is 11.1. The first kappa shape index (κ1) is 13.0. The molecule has 0 spiro atoms. The van der Waals surface area contributed by atoms with Crippen LogP contribution in [-0.4, -0.2) is 12.1 Å². The zero-order valence-corrected chi connectivity index (χ0v) is 10.9. The van der Waals surface area contributed by atoms with Gasteiger partial charge in [0.25, 0.3) is 0 Å². The highest BCUT2D eigenvalue weighted by atomic mass is 15.0.